The monoisotopic (exact) mass is 400 g/mol. The minimum atomic E-state index is -0.524. The molecule has 4 rings (SSSR count). The second kappa shape index (κ2) is 7.85. The zero-order valence-corrected chi connectivity index (χ0v) is 15.7. The molecule has 2 heterocycles. The number of benzene rings is 2. The van der Waals surface area contributed by atoms with Crippen molar-refractivity contribution in [2.75, 3.05) is 19.8 Å². The first-order valence-corrected chi connectivity index (χ1v) is 9.46. The van der Waals surface area contributed by atoms with Crippen LogP contribution in [-0.2, 0) is 11.3 Å². The van der Waals surface area contributed by atoms with Crippen molar-refractivity contribution in [1.82, 2.24) is 4.57 Å². The predicted octanol–water partition coefficient (Wildman–Crippen LogP) is 3.31. The van der Waals surface area contributed by atoms with E-state index in [9.17, 15) is 9.18 Å². The number of rotatable bonds is 5. The summed E-state index contributed by atoms with van der Waals surface area (Å²) in [5.74, 6) is 0.319. The Balaban J connectivity index is 1.66. The molecule has 0 aliphatic carbocycles. The fourth-order valence-corrected chi connectivity index (χ4v) is 3.90. The zero-order valence-electron chi connectivity index (χ0n) is 14.9. The molecule has 0 saturated heterocycles. The SMILES string of the molecule is C=CCn1c(=NC(=O)COc2ccccc2F)sc2cc3c(cc21)OCCO3. The molecule has 0 spiro atoms. The maximum atomic E-state index is 13.6. The number of fused-ring (bicyclic) bond motifs is 2. The number of para-hydroxylation sites is 1. The van der Waals surface area contributed by atoms with Crippen LogP contribution in [0, 0.1) is 5.82 Å². The lowest BCUT2D eigenvalue weighted by Gasteiger charge is -2.18. The highest BCUT2D eigenvalue weighted by molar-refractivity contribution is 7.16. The number of aromatic nitrogens is 1. The molecule has 1 aliphatic rings. The van der Waals surface area contributed by atoms with Crippen LogP contribution in [0.15, 0.2) is 54.0 Å². The molecule has 28 heavy (non-hydrogen) atoms. The van der Waals surface area contributed by atoms with Gasteiger partial charge in [0.05, 0.1) is 10.2 Å². The van der Waals surface area contributed by atoms with E-state index in [1.54, 1.807) is 18.2 Å². The number of halogens is 1. The molecule has 0 unspecified atom stereocenters. The lowest BCUT2D eigenvalue weighted by atomic mass is 10.2. The Bertz CT molecular complexity index is 1120. The van der Waals surface area contributed by atoms with Gasteiger partial charge in [-0.05, 0) is 12.1 Å². The third-order valence-corrected chi connectivity index (χ3v) is 5.11. The lowest BCUT2D eigenvalue weighted by molar-refractivity contribution is -0.120. The minimum absolute atomic E-state index is 0.0170. The molecule has 1 aromatic heterocycles. The fraction of sp³-hybridized carbons (Fsp3) is 0.200. The van der Waals surface area contributed by atoms with Crippen LogP contribution in [0.4, 0.5) is 4.39 Å². The summed E-state index contributed by atoms with van der Waals surface area (Å²) in [5.41, 5.74) is 0.871. The van der Waals surface area contributed by atoms with Crippen LogP contribution in [0.5, 0.6) is 17.2 Å². The van der Waals surface area contributed by atoms with Crippen LogP contribution in [0.2, 0.25) is 0 Å². The van der Waals surface area contributed by atoms with Crippen molar-refractivity contribution in [3.8, 4) is 17.2 Å². The van der Waals surface area contributed by atoms with E-state index in [1.807, 2.05) is 16.7 Å². The Hall–Kier alpha value is -3.13. The Morgan fingerprint density at radius 2 is 2.04 bits per heavy atom. The summed E-state index contributed by atoms with van der Waals surface area (Å²) in [6.07, 6.45) is 1.72. The molecule has 3 aromatic rings. The maximum absolute atomic E-state index is 13.6. The normalized spacial score (nSPS) is 13.5. The number of hydrogen-bond acceptors (Lipinski definition) is 5. The van der Waals surface area contributed by atoms with Crippen molar-refractivity contribution >= 4 is 27.5 Å². The molecule has 2 aromatic carbocycles. The first-order chi connectivity index (χ1) is 13.7. The average Bonchev–Trinajstić information content (AvgIpc) is 3.02. The number of carbonyl (C=O) groups excluding carboxylic acids is 1. The van der Waals surface area contributed by atoms with Gasteiger partial charge < -0.3 is 18.8 Å². The summed E-state index contributed by atoms with van der Waals surface area (Å²) in [6.45, 7) is 4.88. The second-order valence-corrected chi connectivity index (χ2v) is 6.98. The third-order valence-electron chi connectivity index (χ3n) is 4.07. The van der Waals surface area contributed by atoms with Crippen LogP contribution in [-0.4, -0.2) is 30.3 Å². The summed E-state index contributed by atoms with van der Waals surface area (Å²) < 4.78 is 32.9. The van der Waals surface area contributed by atoms with Gasteiger partial charge in [-0.25, -0.2) is 4.39 Å². The van der Waals surface area contributed by atoms with Gasteiger partial charge in [0, 0.05) is 18.7 Å². The van der Waals surface area contributed by atoms with E-state index >= 15 is 0 Å². The quantitative estimate of drug-likeness (QED) is 0.617. The van der Waals surface area contributed by atoms with Gasteiger partial charge in [-0.2, -0.15) is 4.99 Å². The highest BCUT2D eigenvalue weighted by Crippen LogP contribution is 2.35. The zero-order chi connectivity index (χ0) is 19.5. The number of nitrogens with zero attached hydrogens (tertiary/aromatic N) is 2. The molecular weight excluding hydrogens is 383 g/mol. The number of allylic oxidation sites excluding steroid dienone is 1. The van der Waals surface area contributed by atoms with Gasteiger partial charge in [-0.3, -0.25) is 4.79 Å². The smallest absolute Gasteiger partial charge is 0.286 e. The van der Waals surface area contributed by atoms with Crippen LogP contribution in [0.1, 0.15) is 0 Å². The standard InChI is InChI=1S/C20H17FN2O4S/c1-2-7-23-14-10-16-17(26-9-8-25-16)11-18(14)28-20(23)22-19(24)12-27-15-6-4-3-5-13(15)21/h2-6,10-11H,1,7-9,12H2. The van der Waals surface area contributed by atoms with E-state index in [4.69, 9.17) is 14.2 Å². The van der Waals surface area contributed by atoms with Crippen molar-refractivity contribution in [3.63, 3.8) is 0 Å². The van der Waals surface area contributed by atoms with Crippen LogP contribution in [0.25, 0.3) is 10.2 Å². The number of ether oxygens (including phenoxy) is 3. The van der Waals surface area contributed by atoms with E-state index in [-0.39, 0.29) is 12.4 Å². The summed E-state index contributed by atoms with van der Waals surface area (Å²) in [5, 5.41) is 0. The van der Waals surface area contributed by atoms with Crippen molar-refractivity contribution in [2.45, 2.75) is 6.54 Å². The first-order valence-electron chi connectivity index (χ1n) is 8.64. The molecule has 0 radical (unpaired) electrons. The van der Waals surface area contributed by atoms with Crippen molar-refractivity contribution in [3.05, 3.63) is 59.7 Å². The van der Waals surface area contributed by atoms with Crippen molar-refractivity contribution < 1.29 is 23.4 Å². The fourth-order valence-electron chi connectivity index (χ4n) is 2.84. The van der Waals surface area contributed by atoms with Gasteiger partial charge in [0.25, 0.3) is 5.91 Å². The topological polar surface area (TPSA) is 62.1 Å². The maximum Gasteiger partial charge on any atom is 0.286 e. The molecule has 0 saturated carbocycles. The molecular formula is C20H17FN2O4S. The van der Waals surface area contributed by atoms with E-state index in [2.05, 4.69) is 11.6 Å². The predicted molar refractivity (Wildman–Crippen MR) is 103 cm³/mol. The number of amides is 1. The average molecular weight is 400 g/mol. The van der Waals surface area contributed by atoms with Crippen LogP contribution >= 0.6 is 11.3 Å². The van der Waals surface area contributed by atoms with Gasteiger partial charge in [-0.15, -0.1) is 6.58 Å². The highest BCUT2D eigenvalue weighted by atomic mass is 32.1. The van der Waals surface area contributed by atoms with Crippen LogP contribution < -0.4 is 19.0 Å². The third kappa shape index (κ3) is 3.63. The molecule has 0 fully saturated rings. The molecule has 0 N–H and O–H groups in total. The molecule has 8 heteroatoms. The summed E-state index contributed by atoms with van der Waals surface area (Å²) in [4.78, 5) is 16.9. The molecule has 1 aliphatic heterocycles. The number of hydrogen-bond donors (Lipinski definition) is 0. The van der Waals surface area contributed by atoms with Gasteiger partial charge in [0.1, 0.15) is 13.2 Å². The Morgan fingerprint density at radius 1 is 1.29 bits per heavy atom. The molecule has 1 amide bonds. The largest absolute Gasteiger partial charge is 0.486 e. The Morgan fingerprint density at radius 3 is 2.79 bits per heavy atom. The summed E-state index contributed by atoms with van der Waals surface area (Å²) in [6, 6.07) is 9.68. The van der Waals surface area contributed by atoms with E-state index in [0.717, 1.165) is 10.2 Å². The molecule has 6 nitrogen and oxygen atoms in total. The lowest BCUT2D eigenvalue weighted by Crippen LogP contribution is -2.19. The minimum Gasteiger partial charge on any atom is -0.486 e. The number of thiazole rings is 1. The molecule has 144 valence electrons. The first kappa shape index (κ1) is 18.2. The van der Waals surface area contributed by atoms with E-state index < -0.39 is 11.7 Å². The van der Waals surface area contributed by atoms with E-state index in [1.165, 1.54) is 23.5 Å². The second-order valence-electron chi connectivity index (χ2n) is 5.97. The Kier molecular flexibility index (Phi) is 5.12. The van der Waals surface area contributed by atoms with E-state index in [0.29, 0.717) is 36.1 Å². The molecule has 0 bridgehead atoms. The van der Waals surface area contributed by atoms with Gasteiger partial charge in [-0.1, -0.05) is 29.5 Å². The highest BCUT2D eigenvalue weighted by Gasteiger charge is 2.16. The van der Waals surface area contributed by atoms with Crippen LogP contribution in [0.3, 0.4) is 0 Å². The Labute approximate surface area is 164 Å². The summed E-state index contributed by atoms with van der Waals surface area (Å²) in [7, 11) is 0. The van der Waals surface area contributed by atoms with Crippen molar-refractivity contribution in [2.24, 2.45) is 4.99 Å². The van der Waals surface area contributed by atoms with Crippen molar-refractivity contribution in [1.29, 1.82) is 0 Å². The van der Waals surface area contributed by atoms with Gasteiger partial charge >= 0.3 is 0 Å². The molecule has 0 atom stereocenters. The van der Waals surface area contributed by atoms with Gasteiger partial charge in [0.2, 0.25) is 0 Å². The van der Waals surface area contributed by atoms with Gasteiger partial charge in [0.15, 0.2) is 34.5 Å². The summed E-state index contributed by atoms with van der Waals surface area (Å²) >= 11 is 1.35. The number of carbonyl (C=O) groups is 1.